The van der Waals surface area contributed by atoms with Gasteiger partial charge in [0.15, 0.2) is 5.13 Å². The molecule has 7 heteroatoms. The lowest BCUT2D eigenvalue weighted by molar-refractivity contribution is 0.0435. The smallest absolute Gasteiger partial charge is 0.328 e. The van der Waals surface area contributed by atoms with Crippen LogP contribution in [0.2, 0.25) is 0 Å². The number of fused-ring (bicyclic) bond motifs is 2. The first-order chi connectivity index (χ1) is 13.8. The summed E-state index contributed by atoms with van der Waals surface area (Å²) in [6, 6.07) is 14.1. The second-order valence-corrected chi connectivity index (χ2v) is 8.03. The number of rotatable bonds is 2. The normalized spacial score (nSPS) is 19.4. The Kier molecular flexibility index (Phi) is 4.72. The summed E-state index contributed by atoms with van der Waals surface area (Å²) in [4.78, 5) is 19.4. The Morgan fingerprint density at radius 2 is 2.21 bits per heavy atom. The molecule has 0 spiro atoms. The van der Waals surface area contributed by atoms with Crippen LogP contribution >= 0.6 is 11.3 Å². The lowest BCUT2D eigenvalue weighted by atomic mass is 9.97. The van der Waals surface area contributed by atoms with Gasteiger partial charge in [-0.25, -0.2) is 9.78 Å². The summed E-state index contributed by atoms with van der Waals surface area (Å²) in [5.74, 6) is 0. The number of nitrogens with zero attached hydrogens (tertiary/aromatic N) is 2. The van der Waals surface area contributed by atoms with E-state index in [2.05, 4.69) is 33.8 Å². The fraction of sp³-hybridized carbons (Fsp3) is 0.286. The fourth-order valence-corrected chi connectivity index (χ4v) is 4.63. The van der Waals surface area contributed by atoms with Gasteiger partial charge < -0.3 is 10.1 Å². The molecule has 3 heterocycles. The monoisotopic (exact) mass is 393 g/mol. The number of anilines is 2. The largest absolute Gasteiger partial charge is 0.371 e. The molecule has 1 aromatic heterocycles. The number of hydrogen-bond acceptors (Lipinski definition) is 5. The van der Waals surface area contributed by atoms with E-state index in [1.165, 1.54) is 16.9 Å². The molecule has 1 atom stereocenters. The van der Waals surface area contributed by atoms with E-state index in [-0.39, 0.29) is 12.1 Å². The maximum atomic E-state index is 13.0. The van der Waals surface area contributed by atoms with Crippen LogP contribution in [0.5, 0.6) is 0 Å². The van der Waals surface area contributed by atoms with Gasteiger partial charge in [0, 0.05) is 25.3 Å². The van der Waals surface area contributed by atoms with E-state index in [9.17, 15) is 4.79 Å². The lowest BCUT2D eigenvalue weighted by Gasteiger charge is -2.31. The molecule has 2 aliphatic rings. The van der Waals surface area contributed by atoms with Crippen molar-refractivity contribution in [3.63, 3.8) is 0 Å². The molecule has 1 radical (unpaired) electrons. The molecule has 0 aliphatic carbocycles. The third kappa shape index (κ3) is 3.37. The van der Waals surface area contributed by atoms with Crippen LogP contribution in [-0.4, -0.2) is 30.7 Å². The van der Waals surface area contributed by atoms with E-state index in [1.54, 1.807) is 0 Å². The van der Waals surface area contributed by atoms with Crippen molar-refractivity contribution in [2.75, 3.05) is 29.9 Å². The number of carbonyl (C=O) groups excluding carboxylic acids is 1. The van der Waals surface area contributed by atoms with Crippen LogP contribution in [0.4, 0.5) is 15.6 Å². The highest BCUT2D eigenvalue weighted by atomic mass is 32.1. The van der Waals surface area contributed by atoms with Crippen molar-refractivity contribution >= 4 is 38.4 Å². The van der Waals surface area contributed by atoms with Crippen LogP contribution in [0.15, 0.2) is 42.5 Å². The van der Waals surface area contributed by atoms with E-state index in [0.29, 0.717) is 18.3 Å². The summed E-state index contributed by atoms with van der Waals surface area (Å²) in [6.45, 7) is 3.96. The molecule has 1 fully saturated rings. The standard InChI is InChI=1S/C21H21N4O2S/c26-21(24-20-23-16-5-1-2-6-19(16)28-20)25-10-3-4-14-7-8-15(12-17(14)25)18-13-22-9-11-27-18/h1-2,5-9,12,18,22H,3-4,10-11,13H2,(H,23,24,26). The van der Waals surface area contributed by atoms with Crippen LogP contribution < -0.4 is 15.5 Å². The van der Waals surface area contributed by atoms with Crippen LogP contribution in [0.25, 0.3) is 10.2 Å². The highest BCUT2D eigenvalue weighted by Gasteiger charge is 2.25. The van der Waals surface area contributed by atoms with Gasteiger partial charge in [0.05, 0.1) is 22.9 Å². The van der Waals surface area contributed by atoms with Crippen LogP contribution in [0, 0.1) is 6.54 Å². The first-order valence-electron chi connectivity index (χ1n) is 9.51. The minimum atomic E-state index is -0.131. The topological polar surface area (TPSA) is 66.5 Å². The highest BCUT2D eigenvalue weighted by molar-refractivity contribution is 7.22. The molecule has 2 amide bonds. The number of nitrogens with one attached hydrogen (secondary N) is 2. The number of para-hydroxylation sites is 1. The van der Waals surface area contributed by atoms with Crippen LogP contribution in [-0.2, 0) is 11.2 Å². The molecule has 6 nitrogen and oxygen atoms in total. The minimum absolute atomic E-state index is 0.00593. The van der Waals surface area contributed by atoms with Gasteiger partial charge in [-0.05, 0) is 42.2 Å². The Morgan fingerprint density at radius 3 is 3.07 bits per heavy atom. The third-order valence-electron chi connectivity index (χ3n) is 5.18. The number of carbonyl (C=O) groups is 1. The molecule has 1 unspecified atom stereocenters. The summed E-state index contributed by atoms with van der Waals surface area (Å²) >= 11 is 1.50. The van der Waals surface area contributed by atoms with Crippen molar-refractivity contribution in [1.29, 1.82) is 0 Å². The molecule has 1 saturated heterocycles. The Balaban J connectivity index is 1.40. The summed E-state index contributed by atoms with van der Waals surface area (Å²) in [7, 11) is 0. The Labute approximate surface area is 167 Å². The van der Waals surface area contributed by atoms with E-state index < -0.39 is 0 Å². The Hall–Kier alpha value is -2.48. The second kappa shape index (κ2) is 7.50. The van der Waals surface area contributed by atoms with Gasteiger partial charge in [0.1, 0.15) is 0 Å². The number of aromatic nitrogens is 1. The second-order valence-electron chi connectivity index (χ2n) is 6.99. The molecular formula is C21H21N4O2S. The number of thiazole rings is 1. The summed E-state index contributed by atoms with van der Waals surface area (Å²) in [5.41, 5.74) is 4.17. The highest BCUT2D eigenvalue weighted by Crippen LogP contribution is 2.33. The third-order valence-corrected chi connectivity index (χ3v) is 6.13. The van der Waals surface area contributed by atoms with Gasteiger partial charge in [-0.3, -0.25) is 10.2 Å². The molecule has 143 valence electrons. The maximum Gasteiger partial charge on any atom is 0.328 e. The van der Waals surface area contributed by atoms with Gasteiger partial charge in [-0.1, -0.05) is 35.6 Å². The van der Waals surface area contributed by atoms with Crippen molar-refractivity contribution in [3.05, 3.63) is 60.1 Å². The Bertz CT molecular complexity index is 980. The molecule has 2 N–H and O–H groups in total. The number of benzene rings is 2. The summed E-state index contributed by atoms with van der Waals surface area (Å²) in [6.07, 6.45) is 1.94. The predicted molar refractivity (Wildman–Crippen MR) is 112 cm³/mol. The minimum Gasteiger partial charge on any atom is -0.371 e. The van der Waals surface area contributed by atoms with Crippen molar-refractivity contribution in [3.8, 4) is 0 Å². The van der Waals surface area contributed by atoms with Crippen LogP contribution in [0.1, 0.15) is 23.7 Å². The number of urea groups is 1. The summed E-state index contributed by atoms with van der Waals surface area (Å²) in [5, 5.41) is 6.86. The first kappa shape index (κ1) is 17.6. The van der Waals surface area contributed by atoms with Gasteiger partial charge in [-0.15, -0.1) is 0 Å². The lowest BCUT2D eigenvalue weighted by Crippen LogP contribution is -2.39. The average molecular weight is 393 g/mol. The predicted octanol–water partition coefficient (Wildman–Crippen LogP) is 4.10. The number of ether oxygens (including phenoxy) is 1. The van der Waals surface area contributed by atoms with Crippen molar-refractivity contribution in [2.45, 2.75) is 18.9 Å². The van der Waals surface area contributed by atoms with E-state index in [1.807, 2.05) is 35.7 Å². The van der Waals surface area contributed by atoms with Gasteiger partial charge >= 0.3 is 6.03 Å². The van der Waals surface area contributed by atoms with Gasteiger partial charge in [0.2, 0.25) is 0 Å². The SMILES string of the molecule is O=C(Nc1nc2ccccc2s1)N1CCCc2ccc(C3CN[CH]CO3)cc21. The van der Waals surface area contributed by atoms with Crippen molar-refractivity contribution in [1.82, 2.24) is 10.3 Å². The molecule has 2 aromatic carbocycles. The van der Waals surface area contributed by atoms with Crippen molar-refractivity contribution in [2.24, 2.45) is 0 Å². The average Bonchev–Trinajstić information content (AvgIpc) is 3.15. The van der Waals surface area contributed by atoms with Gasteiger partial charge in [0.25, 0.3) is 0 Å². The van der Waals surface area contributed by atoms with Crippen molar-refractivity contribution < 1.29 is 9.53 Å². The summed E-state index contributed by atoms with van der Waals surface area (Å²) < 4.78 is 6.90. The molecule has 3 aromatic rings. The molecule has 28 heavy (non-hydrogen) atoms. The zero-order valence-electron chi connectivity index (χ0n) is 15.4. The molecular weight excluding hydrogens is 372 g/mol. The molecule has 0 bridgehead atoms. The van der Waals surface area contributed by atoms with Crippen LogP contribution in [0.3, 0.4) is 0 Å². The maximum absolute atomic E-state index is 13.0. The molecule has 2 aliphatic heterocycles. The zero-order chi connectivity index (χ0) is 18.9. The van der Waals surface area contributed by atoms with Gasteiger partial charge in [-0.2, -0.15) is 0 Å². The number of aryl methyl sites for hydroxylation is 1. The number of morpholine rings is 1. The Morgan fingerprint density at radius 1 is 1.29 bits per heavy atom. The molecule has 0 saturated carbocycles. The molecule has 5 rings (SSSR count). The fourth-order valence-electron chi connectivity index (χ4n) is 3.77. The van der Waals surface area contributed by atoms with E-state index in [4.69, 9.17) is 4.74 Å². The van der Waals surface area contributed by atoms with E-state index in [0.717, 1.165) is 40.9 Å². The number of amides is 2. The first-order valence-corrected chi connectivity index (χ1v) is 10.3. The number of hydrogen-bond donors (Lipinski definition) is 2. The zero-order valence-corrected chi connectivity index (χ0v) is 16.2. The quantitative estimate of drug-likeness (QED) is 0.688. The van der Waals surface area contributed by atoms with E-state index >= 15 is 0 Å².